The molecule has 2 N–H and O–H groups in total. The summed E-state index contributed by atoms with van der Waals surface area (Å²) in [5.74, 6) is 0.854. The zero-order chi connectivity index (χ0) is 21.8. The number of carbonyl (C=O) groups is 1. The maximum atomic E-state index is 15.0. The van der Waals surface area contributed by atoms with Crippen molar-refractivity contribution in [3.05, 3.63) is 53.7 Å². The maximum absolute atomic E-state index is 15.0. The van der Waals surface area contributed by atoms with Gasteiger partial charge < -0.3 is 19.8 Å². The Hall–Kier alpha value is -2.65. The Bertz CT molecular complexity index is 915. The Morgan fingerprint density at radius 3 is 2.77 bits per heavy atom. The smallest absolute Gasteiger partial charge is 0.414 e. The van der Waals surface area contributed by atoms with Crippen LogP contribution in [0.1, 0.15) is 30.1 Å². The molecule has 0 radical (unpaired) electrons. The number of amides is 1. The number of nitrogens with zero attached hydrogens (tertiary/aromatic N) is 2. The molecule has 4 rings (SSSR count). The van der Waals surface area contributed by atoms with E-state index in [0.29, 0.717) is 29.5 Å². The molecule has 1 atom stereocenters. The van der Waals surface area contributed by atoms with Crippen LogP contribution < -0.4 is 15.5 Å². The van der Waals surface area contributed by atoms with Gasteiger partial charge in [-0.1, -0.05) is 6.07 Å². The van der Waals surface area contributed by atoms with E-state index < -0.39 is 6.09 Å². The van der Waals surface area contributed by atoms with Crippen LogP contribution in [0.3, 0.4) is 0 Å². The molecule has 9 heteroatoms. The topological polar surface area (TPSA) is 70.0 Å². The molecule has 0 saturated carbocycles. The van der Waals surface area contributed by atoms with Gasteiger partial charge in [-0.15, -0.1) is 0 Å². The summed E-state index contributed by atoms with van der Waals surface area (Å²) in [6.07, 6.45) is 2.65. The van der Waals surface area contributed by atoms with Crippen LogP contribution in [-0.2, 0) is 11.3 Å². The van der Waals surface area contributed by atoms with E-state index in [-0.39, 0.29) is 17.8 Å². The molecule has 2 saturated heterocycles. The minimum Gasteiger partial charge on any atom is -0.468 e. The molecule has 0 spiro atoms. The van der Waals surface area contributed by atoms with Gasteiger partial charge in [0, 0.05) is 7.05 Å². The molecule has 7 nitrogen and oxygen atoms in total. The average Bonchev–Trinajstić information content (AvgIpc) is 3.42. The van der Waals surface area contributed by atoms with E-state index in [1.165, 1.54) is 11.0 Å². The lowest BCUT2D eigenvalue weighted by atomic mass is 9.89. The molecule has 1 amide bonds. The first kappa shape index (κ1) is 21.6. The summed E-state index contributed by atoms with van der Waals surface area (Å²) < 4.78 is 25.8. The van der Waals surface area contributed by atoms with E-state index in [2.05, 4.69) is 15.5 Å². The fraction of sp³-hybridized carbons (Fsp3) is 0.455. The van der Waals surface area contributed by atoms with Crippen molar-refractivity contribution >= 4 is 29.1 Å². The third kappa shape index (κ3) is 5.16. The van der Waals surface area contributed by atoms with Crippen LogP contribution in [0.25, 0.3) is 0 Å². The second-order valence-electron chi connectivity index (χ2n) is 7.91. The fourth-order valence-electron chi connectivity index (χ4n) is 4.17. The molecule has 2 aromatic rings. The predicted molar refractivity (Wildman–Crippen MR) is 120 cm³/mol. The lowest BCUT2D eigenvalue weighted by Crippen LogP contribution is -2.39. The van der Waals surface area contributed by atoms with Gasteiger partial charge in [-0.3, -0.25) is 9.80 Å². The summed E-state index contributed by atoms with van der Waals surface area (Å²) in [7, 11) is 1.72. The zero-order valence-electron chi connectivity index (χ0n) is 17.5. The van der Waals surface area contributed by atoms with Crippen LogP contribution in [-0.4, -0.2) is 55.4 Å². The largest absolute Gasteiger partial charge is 0.468 e. The molecular formula is C22H27FN4O3S. The molecule has 1 aromatic carbocycles. The Labute approximate surface area is 186 Å². The molecular weight excluding hydrogens is 419 g/mol. The maximum Gasteiger partial charge on any atom is 0.414 e. The van der Waals surface area contributed by atoms with Gasteiger partial charge in [0.15, 0.2) is 5.11 Å². The monoisotopic (exact) mass is 446 g/mol. The van der Waals surface area contributed by atoms with Crippen LogP contribution in [0.15, 0.2) is 41.0 Å². The van der Waals surface area contributed by atoms with E-state index in [0.717, 1.165) is 38.2 Å². The van der Waals surface area contributed by atoms with Gasteiger partial charge in [-0.2, -0.15) is 0 Å². The average molecular weight is 447 g/mol. The fourth-order valence-corrected chi connectivity index (χ4v) is 4.26. The van der Waals surface area contributed by atoms with Crippen LogP contribution in [0, 0.1) is 5.82 Å². The van der Waals surface area contributed by atoms with Crippen molar-refractivity contribution in [3.63, 3.8) is 0 Å². The summed E-state index contributed by atoms with van der Waals surface area (Å²) in [6, 6.07) is 8.93. The third-order valence-corrected chi connectivity index (χ3v) is 6.22. The number of carbonyl (C=O) groups excluding carboxylic acids is 1. The minimum atomic E-state index is -0.472. The molecule has 0 bridgehead atoms. The number of benzene rings is 1. The molecule has 2 aliphatic rings. The molecule has 2 fully saturated rings. The SMILES string of the molecule is CNC(=S)NC[C@H]1CN(c2ccc(C3CCN(Cc4ccco4)CC3)c(F)c2)C(=O)O1. The molecule has 31 heavy (non-hydrogen) atoms. The highest BCUT2D eigenvalue weighted by Gasteiger charge is 2.33. The van der Waals surface area contributed by atoms with Gasteiger partial charge in [-0.05, 0) is 73.9 Å². The van der Waals surface area contributed by atoms with E-state index >= 15 is 0 Å². The van der Waals surface area contributed by atoms with Crippen molar-refractivity contribution in [2.45, 2.75) is 31.4 Å². The van der Waals surface area contributed by atoms with Crippen molar-refractivity contribution in [1.29, 1.82) is 0 Å². The van der Waals surface area contributed by atoms with Crippen molar-refractivity contribution in [2.75, 3.05) is 38.1 Å². The van der Waals surface area contributed by atoms with Crippen LogP contribution in [0.5, 0.6) is 0 Å². The highest BCUT2D eigenvalue weighted by Crippen LogP contribution is 2.33. The van der Waals surface area contributed by atoms with E-state index in [1.54, 1.807) is 13.3 Å². The number of furan rings is 1. The highest BCUT2D eigenvalue weighted by atomic mass is 32.1. The van der Waals surface area contributed by atoms with Gasteiger partial charge >= 0.3 is 6.09 Å². The molecule has 0 aliphatic carbocycles. The first-order valence-electron chi connectivity index (χ1n) is 10.5. The quantitative estimate of drug-likeness (QED) is 0.661. The highest BCUT2D eigenvalue weighted by molar-refractivity contribution is 7.80. The number of anilines is 1. The molecule has 3 heterocycles. The number of hydrogen-bond acceptors (Lipinski definition) is 5. The first-order valence-corrected chi connectivity index (χ1v) is 10.9. The Balaban J connectivity index is 1.34. The number of nitrogens with one attached hydrogen (secondary N) is 2. The van der Waals surface area contributed by atoms with Gasteiger partial charge in [-0.25, -0.2) is 9.18 Å². The second-order valence-corrected chi connectivity index (χ2v) is 8.32. The van der Waals surface area contributed by atoms with E-state index in [4.69, 9.17) is 21.4 Å². The normalized spacial score (nSPS) is 20.0. The number of halogens is 1. The molecule has 0 unspecified atom stereocenters. The second kappa shape index (κ2) is 9.65. The third-order valence-electron chi connectivity index (χ3n) is 5.87. The van der Waals surface area contributed by atoms with Gasteiger partial charge in [0.05, 0.1) is 31.6 Å². The molecule has 1 aromatic heterocycles. The lowest BCUT2D eigenvalue weighted by Gasteiger charge is -2.31. The summed E-state index contributed by atoms with van der Waals surface area (Å²) in [5, 5.41) is 6.28. The number of rotatable bonds is 6. The van der Waals surface area contributed by atoms with Gasteiger partial charge in [0.1, 0.15) is 17.7 Å². The van der Waals surface area contributed by atoms with Crippen molar-refractivity contribution in [1.82, 2.24) is 15.5 Å². The van der Waals surface area contributed by atoms with E-state index in [1.807, 2.05) is 24.3 Å². The standard InChI is InChI=1S/C22H27FN4O3S/c1-24-21(31)25-12-18-14-27(22(28)30-18)16-4-5-19(20(23)11-16)15-6-8-26(9-7-15)13-17-3-2-10-29-17/h2-5,10-11,15,18H,6-9,12-14H2,1H3,(H2,24,25,31)/t18-/m0/s1. The Morgan fingerprint density at radius 1 is 1.29 bits per heavy atom. The van der Waals surface area contributed by atoms with Crippen LogP contribution in [0.2, 0.25) is 0 Å². The van der Waals surface area contributed by atoms with E-state index in [9.17, 15) is 9.18 Å². The van der Waals surface area contributed by atoms with Crippen molar-refractivity contribution in [2.24, 2.45) is 0 Å². The molecule has 2 aliphatic heterocycles. The summed E-state index contributed by atoms with van der Waals surface area (Å²) in [6.45, 7) is 3.33. The van der Waals surface area contributed by atoms with Crippen LogP contribution >= 0.6 is 12.2 Å². The minimum absolute atomic E-state index is 0.173. The van der Waals surface area contributed by atoms with Gasteiger partial charge in [0.2, 0.25) is 0 Å². The number of ether oxygens (including phenoxy) is 1. The lowest BCUT2D eigenvalue weighted by molar-refractivity contribution is 0.143. The number of thiocarbonyl (C=S) groups is 1. The Kier molecular flexibility index (Phi) is 6.72. The van der Waals surface area contributed by atoms with Crippen molar-refractivity contribution in [3.8, 4) is 0 Å². The van der Waals surface area contributed by atoms with Crippen molar-refractivity contribution < 1.29 is 18.3 Å². The zero-order valence-corrected chi connectivity index (χ0v) is 18.3. The predicted octanol–water partition coefficient (Wildman–Crippen LogP) is 3.22. The summed E-state index contributed by atoms with van der Waals surface area (Å²) >= 11 is 5.04. The summed E-state index contributed by atoms with van der Waals surface area (Å²) in [5.41, 5.74) is 1.23. The number of cyclic esters (lactones) is 1. The number of likely N-dealkylation sites (tertiary alicyclic amines) is 1. The summed E-state index contributed by atoms with van der Waals surface area (Å²) in [4.78, 5) is 16.1. The Morgan fingerprint density at radius 2 is 2.10 bits per heavy atom. The van der Waals surface area contributed by atoms with Gasteiger partial charge in [0.25, 0.3) is 0 Å². The number of hydrogen-bond donors (Lipinski definition) is 2. The number of piperidine rings is 1. The molecule has 166 valence electrons. The van der Waals surface area contributed by atoms with Crippen LogP contribution in [0.4, 0.5) is 14.9 Å². The first-order chi connectivity index (χ1) is 15.0.